The second-order valence-corrected chi connectivity index (χ2v) is 5.79. The van der Waals surface area contributed by atoms with Crippen LogP contribution in [0.4, 0.5) is 0 Å². The fraction of sp³-hybridized carbons (Fsp3) is 0.214. The smallest absolute Gasteiger partial charge is 0.326 e. The van der Waals surface area contributed by atoms with Crippen molar-refractivity contribution in [3.63, 3.8) is 0 Å². The number of rotatable bonds is 2. The van der Waals surface area contributed by atoms with Crippen molar-refractivity contribution in [3.05, 3.63) is 51.5 Å². The first-order valence-corrected chi connectivity index (χ1v) is 7.23. The summed E-state index contributed by atoms with van der Waals surface area (Å²) in [6.07, 6.45) is 1.65. The van der Waals surface area contributed by atoms with Crippen molar-refractivity contribution in [1.29, 1.82) is 0 Å². The van der Waals surface area contributed by atoms with Gasteiger partial charge in [0.1, 0.15) is 6.04 Å². The zero-order valence-corrected chi connectivity index (χ0v) is 12.7. The first kappa shape index (κ1) is 14.9. The molecular weight excluding hydrogens is 329 g/mol. The zero-order valence-electron chi connectivity index (χ0n) is 11.2. The van der Waals surface area contributed by atoms with Gasteiger partial charge < -0.3 is 15.0 Å². The lowest BCUT2D eigenvalue weighted by molar-refractivity contribution is -0.142. The summed E-state index contributed by atoms with van der Waals surface area (Å²) in [7, 11) is 0. The molecule has 114 valence electrons. The van der Waals surface area contributed by atoms with Gasteiger partial charge in [-0.05, 0) is 18.2 Å². The summed E-state index contributed by atoms with van der Waals surface area (Å²) >= 11 is 11.9. The maximum atomic E-state index is 12.7. The highest BCUT2D eigenvalue weighted by Crippen LogP contribution is 2.27. The highest BCUT2D eigenvalue weighted by atomic mass is 35.5. The number of benzene rings is 1. The molecule has 1 aromatic heterocycles. The lowest BCUT2D eigenvalue weighted by Gasteiger charge is -2.32. The lowest BCUT2D eigenvalue weighted by Crippen LogP contribution is -2.48. The van der Waals surface area contributed by atoms with Crippen LogP contribution < -0.4 is 0 Å². The van der Waals surface area contributed by atoms with Gasteiger partial charge in [0.05, 0.1) is 34.8 Å². The molecule has 22 heavy (non-hydrogen) atoms. The molecule has 0 aliphatic carbocycles. The second-order valence-electron chi connectivity index (χ2n) is 4.94. The number of hydrogen-bond acceptors (Lipinski definition) is 3. The maximum Gasteiger partial charge on any atom is 0.326 e. The number of aliphatic carboxylic acids is 1. The van der Waals surface area contributed by atoms with Crippen LogP contribution in [0.2, 0.25) is 10.0 Å². The molecule has 0 bridgehead atoms. The summed E-state index contributed by atoms with van der Waals surface area (Å²) in [4.78, 5) is 32.5. The van der Waals surface area contributed by atoms with E-state index in [1.807, 2.05) is 0 Å². The van der Waals surface area contributed by atoms with E-state index in [-0.39, 0.29) is 23.6 Å². The Morgan fingerprint density at radius 2 is 2.14 bits per heavy atom. The van der Waals surface area contributed by atoms with Crippen LogP contribution in [0.5, 0.6) is 0 Å². The molecule has 2 N–H and O–H groups in total. The Bertz CT molecular complexity index is 760. The molecule has 2 aromatic rings. The number of imidazole rings is 1. The number of aromatic nitrogens is 2. The Kier molecular flexibility index (Phi) is 3.80. The van der Waals surface area contributed by atoms with Gasteiger partial charge in [-0.15, -0.1) is 0 Å². The number of H-pyrrole nitrogens is 1. The molecule has 0 radical (unpaired) electrons. The van der Waals surface area contributed by atoms with Crippen LogP contribution in [0.25, 0.3) is 0 Å². The molecule has 0 saturated carbocycles. The molecule has 1 aliphatic rings. The number of hydrogen-bond donors (Lipinski definition) is 2. The van der Waals surface area contributed by atoms with Crippen LogP contribution >= 0.6 is 23.2 Å². The quantitative estimate of drug-likeness (QED) is 0.879. The van der Waals surface area contributed by atoms with Crippen molar-refractivity contribution in [2.75, 3.05) is 0 Å². The van der Waals surface area contributed by atoms with Crippen molar-refractivity contribution < 1.29 is 14.7 Å². The Morgan fingerprint density at radius 3 is 2.82 bits per heavy atom. The highest BCUT2D eigenvalue weighted by molar-refractivity contribution is 6.36. The van der Waals surface area contributed by atoms with Gasteiger partial charge in [0.15, 0.2) is 0 Å². The van der Waals surface area contributed by atoms with E-state index in [1.54, 1.807) is 6.07 Å². The molecule has 6 nitrogen and oxygen atoms in total. The fourth-order valence-electron chi connectivity index (χ4n) is 2.49. The number of carbonyl (C=O) groups is 2. The lowest BCUT2D eigenvalue weighted by atomic mass is 10.0. The van der Waals surface area contributed by atoms with Gasteiger partial charge in [-0.3, -0.25) is 4.79 Å². The minimum Gasteiger partial charge on any atom is -0.480 e. The molecule has 0 saturated heterocycles. The Morgan fingerprint density at radius 1 is 1.36 bits per heavy atom. The van der Waals surface area contributed by atoms with Gasteiger partial charge in [-0.2, -0.15) is 0 Å². The Labute approximate surface area is 135 Å². The normalized spacial score (nSPS) is 17.2. The van der Waals surface area contributed by atoms with Crippen LogP contribution in [-0.4, -0.2) is 37.9 Å². The molecule has 1 unspecified atom stereocenters. The third-order valence-electron chi connectivity index (χ3n) is 3.61. The number of aromatic amines is 1. The minimum absolute atomic E-state index is 0.143. The number of carbonyl (C=O) groups excluding carboxylic acids is 1. The van der Waals surface area contributed by atoms with Crippen molar-refractivity contribution in [2.45, 2.75) is 19.0 Å². The van der Waals surface area contributed by atoms with E-state index >= 15 is 0 Å². The SMILES string of the molecule is O=C(O)C1Cc2nc[nH]c2CN1C(=O)c1ccc(Cl)cc1Cl. The number of fused-ring (bicyclic) bond motifs is 1. The summed E-state index contributed by atoms with van der Waals surface area (Å²) < 4.78 is 0. The third-order valence-corrected chi connectivity index (χ3v) is 4.15. The average molecular weight is 340 g/mol. The van der Waals surface area contributed by atoms with Crippen molar-refractivity contribution in [2.24, 2.45) is 0 Å². The largest absolute Gasteiger partial charge is 0.480 e. The van der Waals surface area contributed by atoms with E-state index in [2.05, 4.69) is 9.97 Å². The molecule has 1 aromatic carbocycles. The molecule has 1 aliphatic heterocycles. The van der Waals surface area contributed by atoms with Crippen molar-refractivity contribution >= 4 is 35.1 Å². The Balaban J connectivity index is 1.97. The van der Waals surface area contributed by atoms with E-state index in [0.717, 1.165) is 5.69 Å². The standard InChI is InChI=1S/C14H11Cl2N3O3/c15-7-1-2-8(9(16)3-7)13(20)19-5-11-10(17-6-18-11)4-12(19)14(21)22/h1-3,6,12H,4-5H2,(H,17,18)(H,21,22). The van der Waals surface area contributed by atoms with E-state index in [1.165, 1.54) is 23.4 Å². The van der Waals surface area contributed by atoms with Crippen LogP contribution in [0.15, 0.2) is 24.5 Å². The monoisotopic (exact) mass is 339 g/mol. The molecule has 1 atom stereocenters. The number of nitrogens with one attached hydrogen (secondary N) is 1. The van der Waals surface area contributed by atoms with Crippen molar-refractivity contribution in [1.82, 2.24) is 14.9 Å². The van der Waals surface area contributed by atoms with Crippen LogP contribution in [0, 0.1) is 0 Å². The zero-order chi connectivity index (χ0) is 15.9. The maximum absolute atomic E-state index is 12.7. The van der Waals surface area contributed by atoms with Crippen LogP contribution in [0.3, 0.4) is 0 Å². The van der Waals surface area contributed by atoms with Gasteiger partial charge in [0, 0.05) is 11.4 Å². The van der Waals surface area contributed by atoms with Gasteiger partial charge in [0.2, 0.25) is 0 Å². The first-order valence-electron chi connectivity index (χ1n) is 6.47. The summed E-state index contributed by atoms with van der Waals surface area (Å²) in [5.74, 6) is -1.53. The molecule has 0 spiro atoms. The second kappa shape index (κ2) is 5.62. The minimum atomic E-state index is -1.08. The first-order chi connectivity index (χ1) is 10.5. The summed E-state index contributed by atoms with van der Waals surface area (Å²) in [5.41, 5.74) is 1.62. The summed E-state index contributed by atoms with van der Waals surface area (Å²) in [6.45, 7) is 0.143. The topological polar surface area (TPSA) is 86.3 Å². The number of amides is 1. The Hall–Kier alpha value is -2.05. The van der Waals surface area contributed by atoms with Crippen LogP contribution in [-0.2, 0) is 17.8 Å². The van der Waals surface area contributed by atoms with Gasteiger partial charge >= 0.3 is 5.97 Å². The van der Waals surface area contributed by atoms with Gasteiger partial charge in [0.25, 0.3) is 5.91 Å². The third kappa shape index (κ3) is 2.55. The predicted molar refractivity (Wildman–Crippen MR) is 80.1 cm³/mol. The number of nitrogens with zero attached hydrogens (tertiary/aromatic N) is 2. The number of halogens is 2. The molecule has 3 rings (SSSR count). The number of carboxylic acid groups (broad SMARTS) is 1. The van der Waals surface area contributed by atoms with Gasteiger partial charge in [-0.25, -0.2) is 9.78 Å². The van der Waals surface area contributed by atoms with Gasteiger partial charge in [-0.1, -0.05) is 23.2 Å². The molecule has 1 amide bonds. The molecular formula is C14H11Cl2N3O3. The van der Waals surface area contributed by atoms with Crippen molar-refractivity contribution in [3.8, 4) is 0 Å². The summed E-state index contributed by atoms with van der Waals surface area (Å²) in [6, 6.07) is 3.52. The van der Waals surface area contributed by atoms with E-state index in [0.29, 0.717) is 10.7 Å². The van der Waals surface area contributed by atoms with E-state index in [4.69, 9.17) is 23.2 Å². The molecule has 2 heterocycles. The highest BCUT2D eigenvalue weighted by Gasteiger charge is 2.36. The fourth-order valence-corrected chi connectivity index (χ4v) is 2.98. The van der Waals surface area contributed by atoms with E-state index in [9.17, 15) is 14.7 Å². The predicted octanol–water partition coefficient (Wildman–Crippen LogP) is 2.37. The summed E-state index contributed by atoms with van der Waals surface area (Å²) in [5, 5.41) is 9.99. The molecule has 0 fully saturated rings. The number of carboxylic acids is 1. The average Bonchev–Trinajstić information content (AvgIpc) is 2.92. The van der Waals surface area contributed by atoms with E-state index < -0.39 is 17.9 Å². The van der Waals surface area contributed by atoms with Crippen LogP contribution in [0.1, 0.15) is 21.7 Å². The molecule has 8 heteroatoms.